The van der Waals surface area contributed by atoms with Gasteiger partial charge in [-0.3, -0.25) is 9.59 Å². The molecule has 0 aliphatic heterocycles. The highest BCUT2D eigenvalue weighted by atomic mass is 35.5. The van der Waals surface area contributed by atoms with Crippen molar-refractivity contribution < 1.29 is 19.1 Å². The fraction of sp³-hybridized carbons (Fsp3) is 0.231. The van der Waals surface area contributed by atoms with E-state index in [1.54, 1.807) is 50.4 Å². The average molecular weight is 501 g/mol. The molecule has 0 fully saturated rings. The van der Waals surface area contributed by atoms with Crippen LogP contribution in [0.5, 0.6) is 11.5 Å². The molecule has 34 heavy (non-hydrogen) atoms. The molecular formula is C26H26Cl2N2O4. The normalized spacial score (nSPS) is 11.4. The summed E-state index contributed by atoms with van der Waals surface area (Å²) in [5, 5.41) is 3.89. The van der Waals surface area contributed by atoms with Crippen LogP contribution in [-0.2, 0) is 22.7 Å². The van der Waals surface area contributed by atoms with Gasteiger partial charge in [0.05, 0.1) is 12.1 Å². The van der Waals surface area contributed by atoms with E-state index in [-0.39, 0.29) is 25.0 Å². The zero-order chi connectivity index (χ0) is 24.5. The quantitative estimate of drug-likeness (QED) is 0.419. The number of halogens is 2. The van der Waals surface area contributed by atoms with Crippen molar-refractivity contribution in [1.29, 1.82) is 0 Å². The summed E-state index contributed by atoms with van der Waals surface area (Å²) in [6.07, 6.45) is 0. The van der Waals surface area contributed by atoms with Crippen molar-refractivity contribution in [2.75, 3.05) is 13.7 Å². The molecule has 0 saturated heterocycles. The molecular weight excluding hydrogens is 475 g/mol. The molecule has 0 bridgehead atoms. The maximum Gasteiger partial charge on any atom is 0.261 e. The van der Waals surface area contributed by atoms with Gasteiger partial charge in [-0.2, -0.15) is 0 Å². The Labute approximate surface area is 209 Å². The molecule has 178 valence electrons. The largest absolute Gasteiger partial charge is 0.497 e. The molecule has 0 saturated carbocycles. The zero-order valence-corrected chi connectivity index (χ0v) is 20.5. The molecule has 6 nitrogen and oxygen atoms in total. The van der Waals surface area contributed by atoms with Crippen molar-refractivity contribution >= 4 is 35.0 Å². The lowest BCUT2D eigenvalue weighted by atomic mass is 10.1. The lowest BCUT2D eigenvalue weighted by Crippen LogP contribution is -2.48. The fourth-order valence-corrected chi connectivity index (χ4v) is 3.55. The predicted molar refractivity (Wildman–Crippen MR) is 133 cm³/mol. The summed E-state index contributed by atoms with van der Waals surface area (Å²) in [4.78, 5) is 27.5. The molecule has 3 aromatic rings. The van der Waals surface area contributed by atoms with Crippen LogP contribution in [0.1, 0.15) is 18.1 Å². The number of nitrogens with one attached hydrogen (secondary N) is 1. The Morgan fingerprint density at radius 3 is 2.24 bits per heavy atom. The van der Waals surface area contributed by atoms with Gasteiger partial charge in [0.1, 0.15) is 17.5 Å². The van der Waals surface area contributed by atoms with Gasteiger partial charge in [0.15, 0.2) is 6.61 Å². The summed E-state index contributed by atoms with van der Waals surface area (Å²) >= 11 is 12.1. The van der Waals surface area contributed by atoms with Gasteiger partial charge in [-0.15, -0.1) is 0 Å². The maximum atomic E-state index is 13.1. The van der Waals surface area contributed by atoms with Gasteiger partial charge in [0, 0.05) is 18.1 Å². The first-order chi connectivity index (χ1) is 16.4. The number of benzene rings is 3. The summed E-state index contributed by atoms with van der Waals surface area (Å²) in [7, 11) is 1.60. The van der Waals surface area contributed by atoms with E-state index in [4.69, 9.17) is 32.7 Å². The van der Waals surface area contributed by atoms with E-state index in [9.17, 15) is 9.59 Å². The van der Waals surface area contributed by atoms with E-state index in [0.29, 0.717) is 22.3 Å². The topological polar surface area (TPSA) is 67.9 Å². The van der Waals surface area contributed by atoms with Gasteiger partial charge in [0.25, 0.3) is 5.91 Å². The molecule has 3 rings (SSSR count). The molecule has 0 aliphatic carbocycles. The highest BCUT2D eigenvalue weighted by Crippen LogP contribution is 2.23. The van der Waals surface area contributed by atoms with E-state index >= 15 is 0 Å². The number of nitrogens with zero attached hydrogens (tertiary/aromatic N) is 1. The highest BCUT2D eigenvalue weighted by Gasteiger charge is 2.26. The van der Waals surface area contributed by atoms with E-state index in [0.717, 1.165) is 16.9 Å². The number of carbonyl (C=O) groups excluding carboxylic acids is 2. The second kappa shape index (κ2) is 12.3. The zero-order valence-electron chi connectivity index (χ0n) is 19.0. The van der Waals surface area contributed by atoms with E-state index in [1.807, 2.05) is 36.4 Å². The SMILES string of the molecule is COc1ccc(CNC(=O)C(C)N(Cc2ccc(Cl)cc2)C(=O)COc2ccccc2Cl)cc1. The first-order valence-electron chi connectivity index (χ1n) is 10.7. The van der Waals surface area contributed by atoms with Crippen molar-refractivity contribution in [3.05, 3.63) is 94.0 Å². The third kappa shape index (κ3) is 7.14. The van der Waals surface area contributed by atoms with Crippen molar-refractivity contribution in [2.24, 2.45) is 0 Å². The van der Waals surface area contributed by atoms with Crippen LogP contribution in [0.25, 0.3) is 0 Å². The van der Waals surface area contributed by atoms with Crippen LogP contribution in [-0.4, -0.2) is 36.5 Å². The van der Waals surface area contributed by atoms with Crippen LogP contribution in [0.4, 0.5) is 0 Å². The number of hydrogen-bond donors (Lipinski definition) is 1. The van der Waals surface area contributed by atoms with Crippen LogP contribution in [0.2, 0.25) is 10.0 Å². The maximum absolute atomic E-state index is 13.1. The number of methoxy groups -OCH3 is 1. The van der Waals surface area contributed by atoms with Crippen LogP contribution in [0.3, 0.4) is 0 Å². The fourth-order valence-electron chi connectivity index (χ4n) is 3.23. The minimum atomic E-state index is -0.740. The van der Waals surface area contributed by atoms with Crippen LogP contribution >= 0.6 is 23.2 Å². The molecule has 0 radical (unpaired) electrons. The Balaban J connectivity index is 1.69. The van der Waals surface area contributed by atoms with Crippen molar-refractivity contribution in [2.45, 2.75) is 26.1 Å². The van der Waals surface area contributed by atoms with Crippen LogP contribution in [0.15, 0.2) is 72.8 Å². The first kappa shape index (κ1) is 25.4. The van der Waals surface area contributed by atoms with E-state index in [1.165, 1.54) is 4.90 Å². The number of carbonyl (C=O) groups is 2. The molecule has 2 amide bonds. The molecule has 8 heteroatoms. The van der Waals surface area contributed by atoms with Crippen molar-refractivity contribution in [3.8, 4) is 11.5 Å². The lowest BCUT2D eigenvalue weighted by molar-refractivity contribution is -0.142. The molecule has 3 aromatic carbocycles. The predicted octanol–water partition coefficient (Wildman–Crippen LogP) is 5.11. The summed E-state index contributed by atoms with van der Waals surface area (Å²) < 4.78 is 10.8. The summed E-state index contributed by atoms with van der Waals surface area (Å²) in [5.74, 6) is 0.514. The van der Waals surface area contributed by atoms with Crippen LogP contribution < -0.4 is 14.8 Å². The Kier molecular flexibility index (Phi) is 9.19. The Morgan fingerprint density at radius 1 is 0.941 bits per heavy atom. The monoisotopic (exact) mass is 500 g/mol. The number of ether oxygens (including phenoxy) is 2. The molecule has 0 spiro atoms. The van der Waals surface area contributed by atoms with E-state index in [2.05, 4.69) is 5.32 Å². The first-order valence-corrected chi connectivity index (χ1v) is 11.4. The second-order valence-corrected chi connectivity index (χ2v) is 8.45. The molecule has 1 unspecified atom stereocenters. The standard InChI is InChI=1S/C26H26Cl2N2O4/c1-18(26(32)29-15-19-9-13-22(33-2)14-10-19)30(16-20-7-11-21(27)12-8-20)25(31)17-34-24-6-4-3-5-23(24)28/h3-14,18H,15-17H2,1-2H3,(H,29,32). The smallest absolute Gasteiger partial charge is 0.261 e. The molecule has 1 N–H and O–H groups in total. The van der Waals surface area contributed by atoms with Gasteiger partial charge in [0.2, 0.25) is 5.91 Å². The highest BCUT2D eigenvalue weighted by molar-refractivity contribution is 6.32. The third-order valence-electron chi connectivity index (χ3n) is 5.25. The van der Waals surface area contributed by atoms with Gasteiger partial charge >= 0.3 is 0 Å². The average Bonchev–Trinajstić information content (AvgIpc) is 2.86. The minimum Gasteiger partial charge on any atom is -0.497 e. The molecule has 0 heterocycles. The third-order valence-corrected chi connectivity index (χ3v) is 5.81. The van der Waals surface area contributed by atoms with Gasteiger partial charge in [-0.1, -0.05) is 59.6 Å². The Bertz CT molecular complexity index is 1100. The van der Waals surface area contributed by atoms with Crippen molar-refractivity contribution in [1.82, 2.24) is 10.2 Å². The second-order valence-electron chi connectivity index (χ2n) is 7.61. The Morgan fingerprint density at radius 2 is 1.59 bits per heavy atom. The summed E-state index contributed by atoms with van der Waals surface area (Å²) in [6, 6.07) is 20.7. The van der Waals surface area contributed by atoms with Crippen LogP contribution in [0, 0.1) is 0 Å². The Hall–Kier alpha value is -3.22. The van der Waals surface area contributed by atoms with Gasteiger partial charge in [-0.05, 0) is 54.4 Å². The molecule has 0 aliphatic rings. The number of rotatable bonds is 10. The lowest BCUT2D eigenvalue weighted by Gasteiger charge is -2.29. The summed E-state index contributed by atoms with van der Waals surface area (Å²) in [6.45, 7) is 1.98. The molecule has 1 atom stereocenters. The van der Waals surface area contributed by atoms with E-state index < -0.39 is 6.04 Å². The molecule has 0 aromatic heterocycles. The van der Waals surface area contributed by atoms with Crippen molar-refractivity contribution in [3.63, 3.8) is 0 Å². The number of amides is 2. The number of hydrogen-bond acceptors (Lipinski definition) is 4. The minimum absolute atomic E-state index is 0.221. The summed E-state index contributed by atoms with van der Waals surface area (Å²) in [5.41, 5.74) is 1.75. The van der Waals surface area contributed by atoms with Gasteiger partial charge in [-0.25, -0.2) is 0 Å². The number of para-hydroxylation sites is 1. The van der Waals surface area contributed by atoms with Gasteiger partial charge < -0.3 is 19.7 Å².